The zero-order chi connectivity index (χ0) is 27.5. The lowest BCUT2D eigenvalue weighted by molar-refractivity contribution is -0.384. The van der Waals surface area contributed by atoms with Crippen molar-refractivity contribution in [2.24, 2.45) is 0 Å². The summed E-state index contributed by atoms with van der Waals surface area (Å²) < 4.78 is 10.4. The number of carbonyl (C=O) groups excluding carboxylic acids is 2. The predicted octanol–water partition coefficient (Wildman–Crippen LogP) is 4.51. The molecule has 4 aromatic rings. The van der Waals surface area contributed by atoms with Crippen LogP contribution in [0.25, 0.3) is 22.1 Å². The van der Waals surface area contributed by atoms with Gasteiger partial charge in [-0.25, -0.2) is 9.59 Å². The largest absolute Gasteiger partial charge is 0.462 e. The van der Waals surface area contributed by atoms with Crippen LogP contribution in [0.5, 0.6) is 0 Å². The maximum atomic E-state index is 13.2. The van der Waals surface area contributed by atoms with Crippen LogP contribution in [0.1, 0.15) is 27.6 Å². The lowest BCUT2D eigenvalue weighted by atomic mass is 10.0. The second-order valence-electron chi connectivity index (χ2n) is 9.02. The first kappa shape index (κ1) is 25.7. The van der Waals surface area contributed by atoms with Crippen molar-refractivity contribution >= 4 is 34.2 Å². The predicted molar refractivity (Wildman–Crippen MR) is 145 cm³/mol. The van der Waals surface area contributed by atoms with Crippen LogP contribution in [0.15, 0.2) is 82.0 Å². The minimum absolute atomic E-state index is 0.117. The van der Waals surface area contributed by atoms with E-state index in [-0.39, 0.29) is 23.8 Å². The summed E-state index contributed by atoms with van der Waals surface area (Å²) in [6.45, 7) is 3.35. The topological polar surface area (TPSA) is 123 Å². The molecular formula is C29H25N3O7. The van der Waals surface area contributed by atoms with Gasteiger partial charge in [-0.05, 0) is 48.9 Å². The minimum atomic E-state index is -0.616. The van der Waals surface area contributed by atoms with Gasteiger partial charge in [-0.1, -0.05) is 30.3 Å². The standard InChI is InChI=1S/C29H25N3O7/c1-2-38-28(34)22-11-12-24(25(18-22)32(36)37)30-13-15-31(16-14-30)27(33)20-9-7-19(8-10-20)23-17-21-5-3-4-6-26(21)39-29(23)35/h3-12,17-18H,2,13-16H2,1H3. The Bertz CT molecular complexity index is 1620. The number of hydrogen-bond acceptors (Lipinski definition) is 8. The van der Waals surface area contributed by atoms with Crippen molar-refractivity contribution in [3.63, 3.8) is 0 Å². The minimum Gasteiger partial charge on any atom is -0.462 e. The zero-order valence-corrected chi connectivity index (χ0v) is 21.2. The fourth-order valence-electron chi connectivity index (χ4n) is 4.67. The molecular weight excluding hydrogens is 502 g/mol. The molecule has 0 radical (unpaired) electrons. The number of para-hydroxylation sites is 1. The Morgan fingerprint density at radius 2 is 1.64 bits per heavy atom. The highest BCUT2D eigenvalue weighted by molar-refractivity contribution is 5.95. The summed E-state index contributed by atoms with van der Waals surface area (Å²) >= 11 is 0. The number of nitro benzene ring substituents is 1. The van der Waals surface area contributed by atoms with Gasteiger partial charge in [0.15, 0.2) is 0 Å². The fourth-order valence-corrected chi connectivity index (χ4v) is 4.67. The Morgan fingerprint density at radius 3 is 2.33 bits per heavy atom. The van der Waals surface area contributed by atoms with Gasteiger partial charge in [0.25, 0.3) is 11.6 Å². The molecule has 2 heterocycles. The van der Waals surface area contributed by atoms with Crippen LogP contribution in [-0.2, 0) is 4.74 Å². The highest BCUT2D eigenvalue weighted by Crippen LogP contribution is 2.31. The van der Waals surface area contributed by atoms with Crippen LogP contribution in [0.3, 0.4) is 0 Å². The van der Waals surface area contributed by atoms with E-state index >= 15 is 0 Å². The third-order valence-corrected chi connectivity index (χ3v) is 6.68. The molecule has 3 aromatic carbocycles. The van der Waals surface area contributed by atoms with Gasteiger partial charge in [0.1, 0.15) is 11.3 Å². The van der Waals surface area contributed by atoms with E-state index < -0.39 is 16.5 Å². The third kappa shape index (κ3) is 5.22. The van der Waals surface area contributed by atoms with Crippen LogP contribution in [0, 0.1) is 10.1 Å². The summed E-state index contributed by atoms with van der Waals surface area (Å²) in [7, 11) is 0. The van der Waals surface area contributed by atoms with E-state index in [0.29, 0.717) is 54.1 Å². The lowest BCUT2D eigenvalue weighted by Gasteiger charge is -2.36. The van der Waals surface area contributed by atoms with E-state index in [4.69, 9.17) is 9.15 Å². The Labute approximate surface area is 223 Å². The molecule has 0 atom stereocenters. The summed E-state index contributed by atoms with van der Waals surface area (Å²) in [5.41, 5.74) is 1.91. The zero-order valence-electron chi connectivity index (χ0n) is 21.2. The second-order valence-corrected chi connectivity index (χ2v) is 9.02. The van der Waals surface area contributed by atoms with Crippen molar-refractivity contribution in [3.8, 4) is 11.1 Å². The van der Waals surface area contributed by atoms with Crippen LogP contribution in [0.4, 0.5) is 11.4 Å². The summed E-state index contributed by atoms with van der Waals surface area (Å²) in [5, 5.41) is 12.5. The Morgan fingerprint density at radius 1 is 0.949 bits per heavy atom. The number of rotatable bonds is 6. The van der Waals surface area contributed by atoms with Crippen LogP contribution in [-0.4, -0.2) is 54.5 Å². The van der Waals surface area contributed by atoms with Gasteiger partial charge in [-0.3, -0.25) is 14.9 Å². The molecule has 1 saturated heterocycles. The SMILES string of the molecule is CCOC(=O)c1ccc(N2CCN(C(=O)c3ccc(-c4cc5ccccc5oc4=O)cc3)CC2)c([N+](=O)[O-])c1. The average molecular weight is 528 g/mol. The summed E-state index contributed by atoms with van der Waals surface area (Å²) in [6, 6.07) is 20.1. The van der Waals surface area contributed by atoms with Crippen molar-refractivity contribution in [1.29, 1.82) is 0 Å². The van der Waals surface area contributed by atoms with Gasteiger partial charge >= 0.3 is 11.6 Å². The third-order valence-electron chi connectivity index (χ3n) is 6.68. The molecule has 10 heteroatoms. The fraction of sp³-hybridized carbons (Fsp3) is 0.207. The summed E-state index contributed by atoms with van der Waals surface area (Å²) in [6.07, 6.45) is 0. The van der Waals surface area contributed by atoms with Gasteiger partial charge in [-0.2, -0.15) is 0 Å². The lowest BCUT2D eigenvalue weighted by Crippen LogP contribution is -2.49. The van der Waals surface area contributed by atoms with E-state index in [1.54, 1.807) is 60.4 Å². The highest BCUT2D eigenvalue weighted by Gasteiger charge is 2.27. The van der Waals surface area contributed by atoms with Gasteiger partial charge < -0.3 is 19.0 Å². The molecule has 0 bridgehead atoms. The molecule has 0 saturated carbocycles. The molecule has 198 valence electrons. The van der Waals surface area contributed by atoms with E-state index in [0.717, 1.165) is 5.39 Å². The number of esters is 1. The number of anilines is 1. The van der Waals surface area contributed by atoms with E-state index in [1.807, 2.05) is 17.0 Å². The van der Waals surface area contributed by atoms with Crippen molar-refractivity contribution in [2.75, 3.05) is 37.7 Å². The molecule has 0 N–H and O–H groups in total. The average Bonchev–Trinajstić information content (AvgIpc) is 2.96. The van der Waals surface area contributed by atoms with Crippen molar-refractivity contribution < 1.29 is 23.7 Å². The smallest absolute Gasteiger partial charge is 0.344 e. The number of nitrogens with zero attached hydrogens (tertiary/aromatic N) is 3. The van der Waals surface area contributed by atoms with E-state index in [1.165, 1.54) is 12.1 Å². The monoisotopic (exact) mass is 527 g/mol. The first-order valence-corrected chi connectivity index (χ1v) is 12.5. The number of ether oxygens (including phenoxy) is 1. The molecule has 1 fully saturated rings. The number of fused-ring (bicyclic) bond motifs is 1. The number of piperazine rings is 1. The van der Waals surface area contributed by atoms with Crippen molar-refractivity contribution in [2.45, 2.75) is 6.92 Å². The maximum absolute atomic E-state index is 13.2. The Hall–Kier alpha value is -4.99. The highest BCUT2D eigenvalue weighted by atomic mass is 16.6. The van der Waals surface area contributed by atoms with Gasteiger partial charge in [0.05, 0.1) is 22.7 Å². The number of amides is 1. The van der Waals surface area contributed by atoms with Crippen molar-refractivity contribution in [3.05, 3.63) is 104 Å². The van der Waals surface area contributed by atoms with Gasteiger partial charge in [0.2, 0.25) is 0 Å². The molecule has 5 rings (SSSR count). The second kappa shape index (κ2) is 10.8. The van der Waals surface area contributed by atoms with E-state index in [9.17, 15) is 24.5 Å². The van der Waals surface area contributed by atoms with Gasteiger partial charge in [-0.15, -0.1) is 0 Å². The molecule has 0 spiro atoms. The number of benzene rings is 3. The normalized spacial score (nSPS) is 13.4. The van der Waals surface area contributed by atoms with E-state index in [2.05, 4.69) is 0 Å². The quantitative estimate of drug-likeness (QED) is 0.155. The molecule has 0 unspecified atom stereocenters. The summed E-state index contributed by atoms with van der Waals surface area (Å²) in [4.78, 5) is 52.4. The first-order chi connectivity index (χ1) is 18.9. The summed E-state index contributed by atoms with van der Waals surface area (Å²) in [5.74, 6) is -0.783. The number of hydrogen-bond donors (Lipinski definition) is 0. The maximum Gasteiger partial charge on any atom is 0.344 e. The van der Waals surface area contributed by atoms with Crippen LogP contribution >= 0.6 is 0 Å². The van der Waals surface area contributed by atoms with Crippen molar-refractivity contribution in [1.82, 2.24) is 4.90 Å². The van der Waals surface area contributed by atoms with Crippen LogP contribution < -0.4 is 10.5 Å². The molecule has 39 heavy (non-hydrogen) atoms. The first-order valence-electron chi connectivity index (χ1n) is 12.5. The Kier molecular flexibility index (Phi) is 7.09. The molecule has 1 aliphatic heterocycles. The Balaban J connectivity index is 1.28. The van der Waals surface area contributed by atoms with Gasteiger partial charge in [0, 0.05) is 43.2 Å². The molecule has 1 aliphatic rings. The number of carbonyl (C=O) groups is 2. The molecule has 10 nitrogen and oxygen atoms in total. The number of nitro groups is 1. The molecule has 0 aliphatic carbocycles. The molecule has 1 amide bonds. The van der Waals surface area contributed by atoms with Crippen LogP contribution in [0.2, 0.25) is 0 Å². The molecule has 1 aromatic heterocycles.